The molecule has 2 aromatic rings. The molecule has 0 atom stereocenters. The Morgan fingerprint density at radius 1 is 1.25 bits per heavy atom. The number of pyridine rings is 1. The number of aryl methyl sites for hydroxylation is 2. The standard InChI is InChI=1S/C17H18N2O/c1-12-6-7-16(13(2)9-12)19-14(3)10-17(20)15-5-4-8-18-11-15/h4-11,19H,1-3H3/b14-10+. The number of benzene rings is 1. The van der Waals surface area contributed by atoms with Crippen LogP contribution in [0.5, 0.6) is 0 Å². The third kappa shape index (κ3) is 3.54. The maximum absolute atomic E-state index is 12.0. The monoisotopic (exact) mass is 266 g/mol. The molecule has 3 heteroatoms. The Kier molecular flexibility index (Phi) is 4.31. The summed E-state index contributed by atoms with van der Waals surface area (Å²) < 4.78 is 0. The number of anilines is 1. The lowest BCUT2D eigenvalue weighted by atomic mass is 10.1. The lowest BCUT2D eigenvalue weighted by molar-refractivity contribution is 0.104. The molecule has 1 N–H and O–H groups in total. The number of allylic oxidation sites excluding steroid dienone is 2. The molecule has 102 valence electrons. The van der Waals surface area contributed by atoms with Crippen LogP contribution in [0, 0.1) is 13.8 Å². The zero-order chi connectivity index (χ0) is 14.5. The van der Waals surface area contributed by atoms with E-state index in [1.54, 1.807) is 30.6 Å². The highest BCUT2D eigenvalue weighted by Crippen LogP contribution is 2.18. The van der Waals surface area contributed by atoms with Crippen molar-refractivity contribution in [3.8, 4) is 0 Å². The third-order valence-electron chi connectivity index (χ3n) is 3.01. The molecular weight excluding hydrogens is 248 g/mol. The highest BCUT2D eigenvalue weighted by atomic mass is 16.1. The number of hydrogen-bond acceptors (Lipinski definition) is 3. The Labute approximate surface area is 119 Å². The van der Waals surface area contributed by atoms with Gasteiger partial charge in [0.05, 0.1) is 0 Å². The van der Waals surface area contributed by atoms with Crippen LogP contribution in [0.2, 0.25) is 0 Å². The topological polar surface area (TPSA) is 42.0 Å². The van der Waals surface area contributed by atoms with E-state index in [0.29, 0.717) is 5.56 Å². The van der Waals surface area contributed by atoms with Crippen LogP contribution in [0.1, 0.15) is 28.4 Å². The molecule has 0 bridgehead atoms. The molecule has 0 aliphatic rings. The Morgan fingerprint density at radius 2 is 2.05 bits per heavy atom. The SMILES string of the molecule is C/C(=C\C(=O)c1cccnc1)Nc1ccc(C)cc1C. The second-order valence-corrected chi connectivity index (χ2v) is 4.88. The highest BCUT2D eigenvalue weighted by Gasteiger charge is 2.04. The molecule has 0 spiro atoms. The van der Waals surface area contributed by atoms with Crippen molar-refractivity contribution in [1.82, 2.24) is 4.98 Å². The number of rotatable bonds is 4. The van der Waals surface area contributed by atoms with Crippen LogP contribution in [-0.2, 0) is 0 Å². The molecule has 0 saturated carbocycles. The van der Waals surface area contributed by atoms with E-state index in [4.69, 9.17) is 0 Å². The number of ketones is 1. The molecule has 0 unspecified atom stereocenters. The van der Waals surface area contributed by atoms with Crippen molar-refractivity contribution in [3.63, 3.8) is 0 Å². The first-order valence-corrected chi connectivity index (χ1v) is 6.53. The average molecular weight is 266 g/mol. The van der Waals surface area contributed by atoms with Gasteiger partial charge in [0.2, 0.25) is 0 Å². The van der Waals surface area contributed by atoms with Crippen LogP contribution in [0.4, 0.5) is 5.69 Å². The lowest BCUT2D eigenvalue weighted by Gasteiger charge is -2.10. The van der Waals surface area contributed by atoms with E-state index in [0.717, 1.165) is 16.9 Å². The van der Waals surface area contributed by atoms with E-state index in [1.807, 2.05) is 26.0 Å². The first kappa shape index (κ1) is 14.0. The fourth-order valence-corrected chi connectivity index (χ4v) is 1.99. The molecule has 0 fully saturated rings. The van der Waals surface area contributed by atoms with E-state index >= 15 is 0 Å². The fourth-order valence-electron chi connectivity index (χ4n) is 1.99. The van der Waals surface area contributed by atoms with E-state index in [-0.39, 0.29) is 5.78 Å². The van der Waals surface area contributed by atoms with Gasteiger partial charge in [0.15, 0.2) is 5.78 Å². The summed E-state index contributed by atoms with van der Waals surface area (Å²) >= 11 is 0. The van der Waals surface area contributed by atoms with Crippen LogP contribution in [0.25, 0.3) is 0 Å². The normalized spacial score (nSPS) is 11.2. The maximum atomic E-state index is 12.0. The van der Waals surface area contributed by atoms with Crippen molar-refractivity contribution in [2.24, 2.45) is 0 Å². The van der Waals surface area contributed by atoms with Crippen molar-refractivity contribution in [1.29, 1.82) is 0 Å². The molecule has 2 rings (SSSR count). The maximum Gasteiger partial charge on any atom is 0.189 e. The minimum Gasteiger partial charge on any atom is -0.359 e. The van der Waals surface area contributed by atoms with Gasteiger partial charge in [-0.25, -0.2) is 0 Å². The quantitative estimate of drug-likeness (QED) is 0.674. The summed E-state index contributed by atoms with van der Waals surface area (Å²) in [6, 6.07) is 9.70. The van der Waals surface area contributed by atoms with Gasteiger partial charge in [0, 0.05) is 35.4 Å². The van der Waals surface area contributed by atoms with Crippen LogP contribution in [-0.4, -0.2) is 10.8 Å². The number of nitrogens with one attached hydrogen (secondary N) is 1. The van der Waals surface area contributed by atoms with E-state index in [9.17, 15) is 4.79 Å². The molecule has 0 aliphatic carbocycles. The zero-order valence-electron chi connectivity index (χ0n) is 12.0. The Balaban J connectivity index is 2.13. The van der Waals surface area contributed by atoms with Gasteiger partial charge < -0.3 is 5.32 Å². The summed E-state index contributed by atoms with van der Waals surface area (Å²) in [5, 5.41) is 3.26. The number of carbonyl (C=O) groups is 1. The van der Waals surface area contributed by atoms with Crippen molar-refractivity contribution in [2.45, 2.75) is 20.8 Å². The largest absolute Gasteiger partial charge is 0.359 e. The minimum absolute atomic E-state index is 0.0483. The van der Waals surface area contributed by atoms with Crippen molar-refractivity contribution in [3.05, 3.63) is 71.2 Å². The summed E-state index contributed by atoms with van der Waals surface area (Å²) in [5.74, 6) is -0.0483. The Morgan fingerprint density at radius 3 is 2.70 bits per heavy atom. The second-order valence-electron chi connectivity index (χ2n) is 4.88. The van der Waals surface area contributed by atoms with Gasteiger partial charge in [-0.05, 0) is 44.5 Å². The first-order chi connectivity index (χ1) is 9.56. The van der Waals surface area contributed by atoms with Crippen LogP contribution < -0.4 is 5.32 Å². The second kappa shape index (κ2) is 6.15. The molecule has 1 aromatic heterocycles. The summed E-state index contributed by atoms with van der Waals surface area (Å²) in [5.41, 5.74) is 4.80. The first-order valence-electron chi connectivity index (χ1n) is 6.53. The van der Waals surface area contributed by atoms with Gasteiger partial charge in [0.1, 0.15) is 0 Å². The molecule has 1 aromatic carbocycles. The van der Waals surface area contributed by atoms with Crippen molar-refractivity contribution < 1.29 is 4.79 Å². The highest BCUT2D eigenvalue weighted by molar-refractivity contribution is 6.04. The summed E-state index contributed by atoms with van der Waals surface area (Å²) in [6.45, 7) is 5.99. The summed E-state index contributed by atoms with van der Waals surface area (Å²) in [7, 11) is 0. The van der Waals surface area contributed by atoms with Crippen molar-refractivity contribution >= 4 is 11.5 Å². The molecule has 20 heavy (non-hydrogen) atoms. The third-order valence-corrected chi connectivity index (χ3v) is 3.01. The lowest BCUT2D eigenvalue weighted by Crippen LogP contribution is -2.02. The number of hydrogen-bond donors (Lipinski definition) is 1. The van der Waals surface area contributed by atoms with E-state index in [1.165, 1.54) is 5.56 Å². The van der Waals surface area contributed by atoms with Crippen LogP contribution >= 0.6 is 0 Å². The molecule has 0 amide bonds. The molecule has 0 saturated heterocycles. The molecule has 0 aliphatic heterocycles. The number of carbonyl (C=O) groups excluding carboxylic acids is 1. The van der Waals surface area contributed by atoms with E-state index < -0.39 is 0 Å². The average Bonchev–Trinajstić information content (AvgIpc) is 2.43. The van der Waals surface area contributed by atoms with Gasteiger partial charge in [-0.15, -0.1) is 0 Å². The van der Waals surface area contributed by atoms with E-state index in [2.05, 4.69) is 23.3 Å². The predicted octanol–water partition coefficient (Wildman–Crippen LogP) is 3.90. The van der Waals surface area contributed by atoms with Gasteiger partial charge >= 0.3 is 0 Å². The number of nitrogens with zero attached hydrogens (tertiary/aromatic N) is 1. The predicted molar refractivity (Wildman–Crippen MR) is 81.9 cm³/mol. The van der Waals surface area contributed by atoms with Crippen LogP contribution in [0.15, 0.2) is 54.5 Å². The molecular formula is C17H18N2O. The summed E-state index contributed by atoms with van der Waals surface area (Å²) in [4.78, 5) is 16.0. The minimum atomic E-state index is -0.0483. The Bertz CT molecular complexity index is 645. The number of aromatic nitrogens is 1. The smallest absolute Gasteiger partial charge is 0.189 e. The Hall–Kier alpha value is -2.42. The van der Waals surface area contributed by atoms with Gasteiger partial charge in [-0.3, -0.25) is 9.78 Å². The van der Waals surface area contributed by atoms with Gasteiger partial charge in [-0.2, -0.15) is 0 Å². The van der Waals surface area contributed by atoms with Gasteiger partial charge in [-0.1, -0.05) is 17.7 Å². The molecule has 3 nitrogen and oxygen atoms in total. The molecule has 0 radical (unpaired) electrons. The zero-order valence-corrected chi connectivity index (χ0v) is 12.0. The molecule has 1 heterocycles. The fraction of sp³-hybridized carbons (Fsp3) is 0.176. The summed E-state index contributed by atoms with van der Waals surface area (Å²) in [6.07, 6.45) is 4.82. The van der Waals surface area contributed by atoms with Crippen LogP contribution in [0.3, 0.4) is 0 Å². The van der Waals surface area contributed by atoms with Gasteiger partial charge in [0.25, 0.3) is 0 Å². The van der Waals surface area contributed by atoms with Crippen molar-refractivity contribution in [2.75, 3.05) is 5.32 Å².